The van der Waals surface area contributed by atoms with Gasteiger partial charge in [0, 0.05) is 24.7 Å². The molecule has 8 nitrogen and oxygen atoms in total. The lowest BCUT2D eigenvalue weighted by atomic mass is 9.98. The van der Waals surface area contributed by atoms with Crippen molar-refractivity contribution < 1.29 is 14.7 Å². The summed E-state index contributed by atoms with van der Waals surface area (Å²) in [6.07, 6.45) is 0.955. The molecule has 0 radical (unpaired) electrons. The number of aromatic amines is 1. The van der Waals surface area contributed by atoms with Crippen LogP contribution in [0.1, 0.15) is 66.9 Å². The first-order valence-electron chi connectivity index (χ1n) is 8.69. The molecule has 2 amide bonds. The van der Waals surface area contributed by atoms with Gasteiger partial charge in [0.15, 0.2) is 5.82 Å². The average Bonchev–Trinajstić information content (AvgIpc) is 3.11. The standard InChI is InChI=1S/C18H23N5O3/c1-10(16-20-17(11(2)24)22-21-16)19-18(26)14-6-7-15-13(9-14)5-4-8-23(15)12(3)25/h6-7,9-11,24H,4-5,8H2,1-3H3,(H,19,26)(H,20,21,22). The molecule has 0 fully saturated rings. The zero-order chi connectivity index (χ0) is 18.8. The van der Waals surface area contributed by atoms with E-state index >= 15 is 0 Å². The van der Waals surface area contributed by atoms with E-state index in [4.69, 9.17) is 0 Å². The van der Waals surface area contributed by atoms with Gasteiger partial charge in [-0.3, -0.25) is 14.7 Å². The fraction of sp³-hybridized carbons (Fsp3) is 0.444. The van der Waals surface area contributed by atoms with Crippen molar-refractivity contribution in [3.8, 4) is 0 Å². The van der Waals surface area contributed by atoms with E-state index < -0.39 is 6.10 Å². The number of amides is 2. The fourth-order valence-corrected chi connectivity index (χ4v) is 3.08. The third-order valence-electron chi connectivity index (χ3n) is 4.49. The number of carbonyl (C=O) groups is 2. The van der Waals surface area contributed by atoms with Gasteiger partial charge in [0.2, 0.25) is 5.91 Å². The minimum Gasteiger partial charge on any atom is -0.385 e. The molecule has 26 heavy (non-hydrogen) atoms. The van der Waals surface area contributed by atoms with Gasteiger partial charge in [0.05, 0.1) is 6.04 Å². The van der Waals surface area contributed by atoms with Crippen molar-refractivity contribution in [2.45, 2.75) is 45.8 Å². The SMILES string of the molecule is CC(=O)N1CCCc2cc(C(=O)NC(C)c3nc(C(C)O)n[nH]3)ccc21. The number of aryl methyl sites for hydroxylation is 1. The van der Waals surface area contributed by atoms with Crippen LogP contribution in [-0.2, 0) is 11.2 Å². The second kappa shape index (κ2) is 7.25. The van der Waals surface area contributed by atoms with Gasteiger partial charge in [-0.15, -0.1) is 0 Å². The Morgan fingerprint density at radius 3 is 2.77 bits per heavy atom. The van der Waals surface area contributed by atoms with Crippen molar-refractivity contribution in [3.63, 3.8) is 0 Å². The van der Waals surface area contributed by atoms with Crippen LogP contribution in [0.4, 0.5) is 5.69 Å². The quantitative estimate of drug-likeness (QED) is 0.770. The molecule has 1 aromatic carbocycles. The number of aliphatic hydroxyl groups excluding tert-OH is 1. The first-order chi connectivity index (χ1) is 12.4. The van der Waals surface area contributed by atoms with Crippen LogP contribution >= 0.6 is 0 Å². The molecule has 2 heterocycles. The van der Waals surface area contributed by atoms with Gasteiger partial charge in [-0.2, -0.15) is 5.10 Å². The van der Waals surface area contributed by atoms with Crippen LogP contribution in [0.15, 0.2) is 18.2 Å². The molecule has 2 unspecified atom stereocenters. The second-order valence-corrected chi connectivity index (χ2v) is 6.57. The number of hydrogen-bond acceptors (Lipinski definition) is 5. The minimum absolute atomic E-state index is 0.0102. The summed E-state index contributed by atoms with van der Waals surface area (Å²) in [7, 11) is 0. The molecule has 138 valence electrons. The summed E-state index contributed by atoms with van der Waals surface area (Å²) in [5.74, 6) is 0.556. The lowest BCUT2D eigenvalue weighted by Crippen LogP contribution is -2.34. The van der Waals surface area contributed by atoms with Crippen LogP contribution < -0.4 is 10.2 Å². The van der Waals surface area contributed by atoms with E-state index in [2.05, 4.69) is 20.5 Å². The van der Waals surface area contributed by atoms with Gasteiger partial charge in [0.1, 0.15) is 11.9 Å². The maximum atomic E-state index is 12.6. The highest BCUT2D eigenvalue weighted by molar-refractivity contribution is 5.97. The van der Waals surface area contributed by atoms with Crippen molar-refractivity contribution in [3.05, 3.63) is 41.0 Å². The van der Waals surface area contributed by atoms with Crippen LogP contribution in [0.3, 0.4) is 0 Å². The Morgan fingerprint density at radius 2 is 2.12 bits per heavy atom. The Balaban J connectivity index is 1.74. The maximum Gasteiger partial charge on any atom is 0.251 e. The Morgan fingerprint density at radius 1 is 1.35 bits per heavy atom. The molecule has 1 aliphatic heterocycles. The normalized spacial score (nSPS) is 15.9. The summed E-state index contributed by atoms with van der Waals surface area (Å²) in [6.45, 7) is 5.63. The molecular formula is C18H23N5O3. The zero-order valence-electron chi connectivity index (χ0n) is 15.1. The smallest absolute Gasteiger partial charge is 0.251 e. The summed E-state index contributed by atoms with van der Waals surface area (Å²) in [6, 6.07) is 5.01. The van der Waals surface area contributed by atoms with Crippen molar-refractivity contribution in [2.75, 3.05) is 11.4 Å². The highest BCUT2D eigenvalue weighted by atomic mass is 16.3. The van der Waals surface area contributed by atoms with E-state index in [1.807, 2.05) is 12.1 Å². The van der Waals surface area contributed by atoms with Crippen molar-refractivity contribution >= 4 is 17.5 Å². The second-order valence-electron chi connectivity index (χ2n) is 6.57. The van der Waals surface area contributed by atoms with Crippen molar-refractivity contribution in [1.29, 1.82) is 0 Å². The Bertz CT molecular complexity index is 830. The number of H-pyrrole nitrogens is 1. The van der Waals surface area contributed by atoms with E-state index in [0.717, 1.165) is 24.1 Å². The molecule has 0 saturated carbocycles. The third kappa shape index (κ3) is 3.60. The number of carbonyl (C=O) groups excluding carboxylic acids is 2. The molecule has 3 rings (SSSR count). The largest absolute Gasteiger partial charge is 0.385 e. The number of fused-ring (bicyclic) bond motifs is 1. The van der Waals surface area contributed by atoms with Gasteiger partial charge >= 0.3 is 0 Å². The van der Waals surface area contributed by atoms with Gasteiger partial charge in [-0.05, 0) is 50.5 Å². The van der Waals surface area contributed by atoms with Crippen molar-refractivity contribution in [2.24, 2.45) is 0 Å². The molecule has 0 spiro atoms. The number of benzene rings is 1. The zero-order valence-corrected chi connectivity index (χ0v) is 15.1. The summed E-state index contributed by atoms with van der Waals surface area (Å²) in [5, 5.41) is 19.0. The Labute approximate surface area is 151 Å². The first kappa shape index (κ1) is 18.1. The molecule has 2 aromatic rings. The van der Waals surface area contributed by atoms with E-state index in [-0.39, 0.29) is 17.9 Å². The van der Waals surface area contributed by atoms with Crippen LogP contribution in [0.25, 0.3) is 0 Å². The number of anilines is 1. The van der Waals surface area contributed by atoms with Crippen LogP contribution in [-0.4, -0.2) is 38.6 Å². The van der Waals surface area contributed by atoms with E-state index in [9.17, 15) is 14.7 Å². The molecule has 2 atom stereocenters. The molecule has 3 N–H and O–H groups in total. The van der Waals surface area contributed by atoms with Gasteiger partial charge in [-0.25, -0.2) is 4.98 Å². The topological polar surface area (TPSA) is 111 Å². The monoisotopic (exact) mass is 357 g/mol. The number of aromatic nitrogens is 3. The maximum absolute atomic E-state index is 12.6. The van der Waals surface area contributed by atoms with Gasteiger partial charge in [-0.1, -0.05) is 0 Å². The fourth-order valence-electron chi connectivity index (χ4n) is 3.08. The van der Waals surface area contributed by atoms with E-state index in [1.165, 1.54) is 0 Å². The number of hydrogen-bond donors (Lipinski definition) is 3. The van der Waals surface area contributed by atoms with Gasteiger partial charge in [0.25, 0.3) is 5.91 Å². The number of rotatable bonds is 4. The predicted molar refractivity (Wildman–Crippen MR) is 95.7 cm³/mol. The summed E-state index contributed by atoms with van der Waals surface area (Å²) >= 11 is 0. The average molecular weight is 357 g/mol. The van der Waals surface area contributed by atoms with Crippen LogP contribution in [0.5, 0.6) is 0 Å². The van der Waals surface area contributed by atoms with Crippen LogP contribution in [0, 0.1) is 0 Å². The van der Waals surface area contributed by atoms with Crippen LogP contribution in [0.2, 0.25) is 0 Å². The first-order valence-corrected chi connectivity index (χ1v) is 8.69. The number of nitrogens with zero attached hydrogens (tertiary/aromatic N) is 3. The molecule has 1 aromatic heterocycles. The molecule has 0 saturated heterocycles. The van der Waals surface area contributed by atoms with E-state index in [1.54, 1.807) is 31.7 Å². The highest BCUT2D eigenvalue weighted by Crippen LogP contribution is 2.28. The molecule has 0 bridgehead atoms. The molecule has 1 aliphatic rings. The number of aliphatic hydroxyl groups is 1. The molecule has 8 heteroatoms. The summed E-state index contributed by atoms with van der Waals surface area (Å²) in [5.41, 5.74) is 2.42. The third-order valence-corrected chi connectivity index (χ3v) is 4.49. The van der Waals surface area contributed by atoms with E-state index in [0.29, 0.717) is 23.8 Å². The lowest BCUT2D eigenvalue weighted by Gasteiger charge is -2.28. The summed E-state index contributed by atoms with van der Waals surface area (Å²) in [4.78, 5) is 30.2. The number of nitrogens with one attached hydrogen (secondary N) is 2. The minimum atomic E-state index is -0.771. The van der Waals surface area contributed by atoms with Crippen molar-refractivity contribution in [1.82, 2.24) is 20.5 Å². The molecular weight excluding hydrogens is 334 g/mol. The van der Waals surface area contributed by atoms with Gasteiger partial charge < -0.3 is 15.3 Å². The lowest BCUT2D eigenvalue weighted by molar-refractivity contribution is -0.116. The Hall–Kier alpha value is -2.74. The highest BCUT2D eigenvalue weighted by Gasteiger charge is 2.22. The molecule has 0 aliphatic carbocycles. The summed E-state index contributed by atoms with van der Waals surface area (Å²) < 4.78 is 0. The Kier molecular flexibility index (Phi) is 5.03. The predicted octanol–water partition coefficient (Wildman–Crippen LogP) is 1.65.